The molecular weight excluding hydrogens is 179 g/mol. The Labute approximate surface area is 97.5 Å². The first-order chi connectivity index (χ1) is 7.36. The number of hydrogen-bond donors (Lipinski definition) is 0. The molecule has 0 atom stereocenters. The van der Waals surface area contributed by atoms with Gasteiger partial charge in [-0.15, -0.1) is 0 Å². The second-order valence-electron chi connectivity index (χ2n) is 5.54. The van der Waals surface area contributed by atoms with Crippen LogP contribution in [-0.2, 0) is 0 Å². The molecule has 15 heavy (non-hydrogen) atoms. The summed E-state index contributed by atoms with van der Waals surface area (Å²) >= 11 is 0. The van der Waals surface area contributed by atoms with Crippen molar-refractivity contribution in [1.29, 1.82) is 0 Å². The van der Waals surface area contributed by atoms with Crippen LogP contribution < -0.4 is 0 Å². The van der Waals surface area contributed by atoms with E-state index in [-0.39, 0.29) is 0 Å². The van der Waals surface area contributed by atoms with E-state index in [2.05, 4.69) is 13.8 Å². The van der Waals surface area contributed by atoms with Crippen LogP contribution >= 0.6 is 0 Å². The molecule has 0 radical (unpaired) electrons. The van der Waals surface area contributed by atoms with Crippen molar-refractivity contribution in [1.82, 2.24) is 0 Å². The molecule has 2 aliphatic rings. The van der Waals surface area contributed by atoms with E-state index in [0.717, 1.165) is 11.6 Å². The second-order valence-corrected chi connectivity index (χ2v) is 5.54. The van der Waals surface area contributed by atoms with Crippen LogP contribution in [0.5, 0.6) is 0 Å². The van der Waals surface area contributed by atoms with Gasteiger partial charge in [-0.25, -0.2) is 0 Å². The first-order valence-corrected chi connectivity index (χ1v) is 7.36. The van der Waals surface area contributed by atoms with Gasteiger partial charge in [-0.2, -0.15) is 0 Å². The SMILES string of the molecule is B1C2CCCC1CCC2.CCCCCC. The lowest BCUT2D eigenvalue weighted by molar-refractivity contribution is 0.455. The minimum Gasteiger partial charge on any atom is -0.0654 e. The standard InChI is InChI=1S/C8H15B.C6H14/c1-3-7-5-2-6-8(4-1)9-7;1-3-5-6-4-2/h7-9H,1-6H2;3-6H2,1-2H3. The molecule has 0 unspecified atom stereocenters. The largest absolute Gasteiger partial charge is 0.127 e. The van der Waals surface area contributed by atoms with Crippen LogP contribution in [0.15, 0.2) is 0 Å². The summed E-state index contributed by atoms with van der Waals surface area (Å²) in [5.74, 6) is 2.30. The Hall–Kier alpha value is 0.0649. The minimum atomic E-state index is 1.15. The van der Waals surface area contributed by atoms with Crippen LogP contribution in [0.2, 0.25) is 11.6 Å². The van der Waals surface area contributed by atoms with Crippen LogP contribution in [0, 0.1) is 0 Å². The Morgan fingerprint density at radius 2 is 1.20 bits per heavy atom. The Kier molecular flexibility index (Phi) is 7.22. The lowest BCUT2D eigenvalue weighted by Gasteiger charge is -2.32. The molecule has 0 aliphatic carbocycles. The molecule has 0 aromatic rings. The van der Waals surface area contributed by atoms with E-state index in [0.29, 0.717) is 0 Å². The Balaban J connectivity index is 0.000000167. The van der Waals surface area contributed by atoms with Crippen molar-refractivity contribution in [3.63, 3.8) is 0 Å². The van der Waals surface area contributed by atoms with Gasteiger partial charge in [0.05, 0.1) is 0 Å². The molecule has 1 heteroatoms. The molecular formula is C14H29B. The zero-order chi connectivity index (χ0) is 10.9. The van der Waals surface area contributed by atoms with E-state index in [9.17, 15) is 0 Å². The summed E-state index contributed by atoms with van der Waals surface area (Å²) in [6.45, 7) is 4.46. The highest BCUT2D eigenvalue weighted by atomic mass is 14.2. The predicted octanol–water partition coefficient (Wildman–Crippen LogP) is 4.95. The fourth-order valence-electron chi connectivity index (χ4n) is 3.12. The molecule has 0 saturated carbocycles. The van der Waals surface area contributed by atoms with Crippen LogP contribution in [-0.4, -0.2) is 7.28 Å². The molecule has 2 aliphatic heterocycles. The first kappa shape index (κ1) is 13.1. The summed E-state index contributed by atoms with van der Waals surface area (Å²) < 4.78 is 0. The van der Waals surface area contributed by atoms with E-state index in [1.165, 1.54) is 38.5 Å². The Morgan fingerprint density at radius 1 is 0.800 bits per heavy atom. The maximum Gasteiger partial charge on any atom is 0.127 e. The van der Waals surface area contributed by atoms with Gasteiger partial charge >= 0.3 is 0 Å². The van der Waals surface area contributed by atoms with E-state index in [4.69, 9.17) is 0 Å². The van der Waals surface area contributed by atoms with E-state index in [1.807, 2.05) is 0 Å². The fourth-order valence-corrected chi connectivity index (χ4v) is 3.12. The van der Waals surface area contributed by atoms with Crippen molar-refractivity contribution in [2.75, 3.05) is 0 Å². The van der Waals surface area contributed by atoms with Gasteiger partial charge in [-0.1, -0.05) is 89.7 Å². The van der Waals surface area contributed by atoms with E-state index in [1.54, 1.807) is 33.0 Å². The molecule has 0 amide bonds. The van der Waals surface area contributed by atoms with Gasteiger partial charge in [0.2, 0.25) is 0 Å². The van der Waals surface area contributed by atoms with E-state index >= 15 is 0 Å². The average Bonchev–Trinajstić information content (AvgIpc) is 2.27. The molecule has 2 saturated heterocycles. The van der Waals surface area contributed by atoms with Crippen molar-refractivity contribution < 1.29 is 0 Å². The van der Waals surface area contributed by atoms with Gasteiger partial charge in [-0.05, 0) is 0 Å². The van der Waals surface area contributed by atoms with Gasteiger partial charge in [0, 0.05) is 0 Å². The van der Waals surface area contributed by atoms with Crippen molar-refractivity contribution >= 4 is 7.28 Å². The summed E-state index contributed by atoms with van der Waals surface area (Å²) in [4.78, 5) is 0. The molecule has 0 spiro atoms. The van der Waals surface area contributed by atoms with Gasteiger partial charge in [-0.3, -0.25) is 0 Å². The summed E-state index contributed by atoms with van der Waals surface area (Å²) in [7, 11) is 1.58. The molecule has 0 aromatic heterocycles. The van der Waals surface area contributed by atoms with Crippen LogP contribution in [0.25, 0.3) is 0 Å². The number of hydrogen-bond acceptors (Lipinski definition) is 0. The molecule has 0 nitrogen and oxygen atoms in total. The third-order valence-corrected chi connectivity index (χ3v) is 4.07. The Morgan fingerprint density at radius 3 is 1.47 bits per heavy atom. The number of unbranched alkanes of at least 4 members (excludes halogenated alkanes) is 3. The van der Waals surface area contributed by atoms with Gasteiger partial charge in [0.1, 0.15) is 7.28 Å². The normalized spacial score (nSPS) is 28.7. The second kappa shape index (κ2) is 8.24. The molecule has 2 rings (SSSR count). The molecule has 2 heterocycles. The third kappa shape index (κ3) is 5.63. The molecule has 2 fully saturated rings. The lowest BCUT2D eigenvalue weighted by atomic mass is 9.44. The van der Waals surface area contributed by atoms with Crippen LogP contribution in [0.4, 0.5) is 0 Å². The van der Waals surface area contributed by atoms with Crippen LogP contribution in [0.1, 0.15) is 78.1 Å². The smallest absolute Gasteiger partial charge is 0.0654 e. The molecule has 0 N–H and O–H groups in total. The topological polar surface area (TPSA) is 0 Å². The van der Waals surface area contributed by atoms with Gasteiger partial charge < -0.3 is 0 Å². The maximum atomic E-state index is 2.23. The van der Waals surface area contributed by atoms with Crippen molar-refractivity contribution in [2.24, 2.45) is 0 Å². The zero-order valence-electron chi connectivity index (χ0n) is 10.9. The number of rotatable bonds is 3. The van der Waals surface area contributed by atoms with Gasteiger partial charge in [0.25, 0.3) is 0 Å². The first-order valence-electron chi connectivity index (χ1n) is 7.36. The molecule has 0 aromatic carbocycles. The maximum absolute atomic E-state index is 2.23. The molecule has 88 valence electrons. The average molecular weight is 208 g/mol. The van der Waals surface area contributed by atoms with Crippen LogP contribution in [0.3, 0.4) is 0 Å². The quantitative estimate of drug-likeness (QED) is 0.454. The molecule has 2 bridgehead atoms. The van der Waals surface area contributed by atoms with Gasteiger partial charge in [0.15, 0.2) is 0 Å². The summed E-state index contributed by atoms with van der Waals surface area (Å²) in [5, 5.41) is 0. The summed E-state index contributed by atoms with van der Waals surface area (Å²) in [5.41, 5.74) is 0. The van der Waals surface area contributed by atoms with Crippen molar-refractivity contribution in [3.8, 4) is 0 Å². The van der Waals surface area contributed by atoms with E-state index < -0.39 is 0 Å². The highest BCUT2D eigenvalue weighted by Gasteiger charge is 2.26. The third-order valence-electron chi connectivity index (χ3n) is 4.07. The monoisotopic (exact) mass is 208 g/mol. The minimum absolute atomic E-state index is 1.15. The zero-order valence-corrected chi connectivity index (χ0v) is 10.9. The Bertz CT molecular complexity index is 120. The highest BCUT2D eigenvalue weighted by molar-refractivity contribution is 6.40. The fraction of sp³-hybridized carbons (Fsp3) is 1.00. The van der Waals surface area contributed by atoms with Crippen molar-refractivity contribution in [2.45, 2.75) is 89.7 Å². The highest BCUT2D eigenvalue weighted by Crippen LogP contribution is 2.40. The summed E-state index contributed by atoms with van der Waals surface area (Å²) in [6.07, 6.45) is 14.8. The predicted molar refractivity (Wildman–Crippen MR) is 72.2 cm³/mol. The van der Waals surface area contributed by atoms with Crippen molar-refractivity contribution in [3.05, 3.63) is 0 Å². The number of fused-ring (bicyclic) bond motifs is 2. The summed E-state index contributed by atoms with van der Waals surface area (Å²) in [6, 6.07) is 0. The lowest BCUT2D eigenvalue weighted by Crippen LogP contribution is -2.21.